The van der Waals surface area contributed by atoms with Crippen LogP contribution in [0.5, 0.6) is 11.5 Å². The minimum Gasteiger partial charge on any atom is -0.495 e. The molecule has 0 aliphatic rings. The smallest absolute Gasteiger partial charge is 0.247 e. The van der Waals surface area contributed by atoms with Crippen molar-refractivity contribution in [2.24, 2.45) is 0 Å². The molecule has 0 radical (unpaired) electrons. The average molecular weight is 419 g/mol. The first-order chi connectivity index (χ1) is 13.7. The molecule has 0 fully saturated rings. The Morgan fingerprint density at radius 2 is 2.00 bits per heavy atom. The van der Waals surface area contributed by atoms with E-state index >= 15 is 0 Å². The molecule has 0 heterocycles. The number of sulfonamides is 1. The maximum Gasteiger partial charge on any atom is 0.247 e. The van der Waals surface area contributed by atoms with Crippen LogP contribution in [0.4, 0.5) is 11.4 Å². The number of nitrogens with zero attached hydrogens (tertiary/aromatic N) is 1. The van der Waals surface area contributed by atoms with E-state index in [2.05, 4.69) is 11.9 Å². The number of rotatable bonds is 9. The number of hydrogen-bond acceptors (Lipinski definition) is 5. The number of nitrogens with one attached hydrogen (secondary N) is 1. The van der Waals surface area contributed by atoms with Gasteiger partial charge in [-0.2, -0.15) is 0 Å². The van der Waals surface area contributed by atoms with E-state index in [0.717, 1.165) is 16.1 Å². The van der Waals surface area contributed by atoms with Gasteiger partial charge in [0.1, 0.15) is 24.1 Å². The summed E-state index contributed by atoms with van der Waals surface area (Å²) in [5.41, 5.74) is 1.64. The van der Waals surface area contributed by atoms with Gasteiger partial charge in [0.05, 0.1) is 19.1 Å². The first-order valence-corrected chi connectivity index (χ1v) is 10.8. The van der Waals surface area contributed by atoms with E-state index in [-0.39, 0.29) is 0 Å². The van der Waals surface area contributed by atoms with E-state index in [9.17, 15) is 13.2 Å². The number of ether oxygens (including phenoxy) is 2. The zero-order valence-electron chi connectivity index (χ0n) is 17.0. The highest BCUT2D eigenvalue weighted by molar-refractivity contribution is 7.92. The number of aryl methyl sites for hydroxylation is 1. The second-order valence-corrected chi connectivity index (χ2v) is 8.39. The normalized spacial score (nSPS) is 12.0. The summed E-state index contributed by atoms with van der Waals surface area (Å²) < 4.78 is 36.9. The van der Waals surface area contributed by atoms with Crippen LogP contribution in [0.3, 0.4) is 0 Å². The molecule has 0 aromatic heterocycles. The Kier molecular flexibility index (Phi) is 7.28. The maximum atomic E-state index is 12.9. The number of benzene rings is 2. The lowest BCUT2D eigenvalue weighted by Gasteiger charge is -2.29. The summed E-state index contributed by atoms with van der Waals surface area (Å²) in [6, 6.07) is 11.0. The van der Waals surface area contributed by atoms with E-state index in [0.29, 0.717) is 29.5 Å². The summed E-state index contributed by atoms with van der Waals surface area (Å²) in [7, 11) is -2.31. The molecule has 0 aliphatic carbocycles. The minimum atomic E-state index is -3.77. The zero-order chi connectivity index (χ0) is 21.6. The Balaban J connectivity index is 2.33. The highest BCUT2D eigenvalue weighted by Gasteiger charge is 2.31. The summed E-state index contributed by atoms with van der Waals surface area (Å²) >= 11 is 0. The lowest BCUT2D eigenvalue weighted by molar-refractivity contribution is -0.116. The molecular weight excluding hydrogens is 392 g/mol. The van der Waals surface area contributed by atoms with Gasteiger partial charge in [0.2, 0.25) is 15.9 Å². The molecule has 0 bridgehead atoms. The SMILES string of the molecule is C=CCOc1cccc(NC(=O)[C@H](C)N(c2cc(C)ccc2OC)S(C)(=O)=O)c1. The molecule has 1 amide bonds. The van der Waals surface area contributed by atoms with Crippen LogP contribution in [-0.2, 0) is 14.8 Å². The molecule has 156 valence electrons. The minimum absolute atomic E-state index is 0.306. The largest absolute Gasteiger partial charge is 0.495 e. The summed E-state index contributed by atoms with van der Waals surface area (Å²) in [4.78, 5) is 12.9. The Morgan fingerprint density at radius 1 is 1.28 bits per heavy atom. The number of amides is 1. The third-order valence-corrected chi connectivity index (χ3v) is 5.36. The Labute approximate surface area is 172 Å². The van der Waals surface area contributed by atoms with Gasteiger partial charge in [0, 0.05) is 11.8 Å². The third-order valence-electron chi connectivity index (χ3n) is 4.13. The summed E-state index contributed by atoms with van der Waals surface area (Å²) in [6.45, 7) is 7.29. The van der Waals surface area contributed by atoms with Crippen molar-refractivity contribution in [3.05, 3.63) is 60.7 Å². The van der Waals surface area contributed by atoms with Gasteiger partial charge in [-0.05, 0) is 43.7 Å². The highest BCUT2D eigenvalue weighted by Crippen LogP contribution is 2.33. The fourth-order valence-electron chi connectivity index (χ4n) is 2.82. The molecule has 29 heavy (non-hydrogen) atoms. The standard InChI is InChI=1S/C21H26N2O5S/c1-6-12-28-18-9-7-8-17(14-18)22-21(24)16(3)23(29(5,25)26)19-13-15(2)10-11-20(19)27-4/h6-11,13-14,16H,1,12H2,2-5H3,(H,22,24)/t16-/m0/s1. The molecule has 2 aromatic rings. The molecular formula is C21H26N2O5S. The number of carbonyl (C=O) groups excluding carboxylic acids is 1. The van der Waals surface area contributed by atoms with Crippen molar-refractivity contribution in [2.75, 3.05) is 29.6 Å². The van der Waals surface area contributed by atoms with Crippen LogP contribution in [0.25, 0.3) is 0 Å². The molecule has 1 N–H and O–H groups in total. The van der Waals surface area contributed by atoms with Gasteiger partial charge in [0.25, 0.3) is 0 Å². The van der Waals surface area contributed by atoms with Crippen molar-refractivity contribution < 1.29 is 22.7 Å². The van der Waals surface area contributed by atoms with Gasteiger partial charge in [-0.1, -0.05) is 24.8 Å². The maximum absolute atomic E-state index is 12.9. The topological polar surface area (TPSA) is 84.9 Å². The monoisotopic (exact) mass is 418 g/mol. The predicted molar refractivity (Wildman–Crippen MR) is 115 cm³/mol. The van der Waals surface area contributed by atoms with Crippen molar-refractivity contribution in [3.8, 4) is 11.5 Å². The Hall–Kier alpha value is -3.00. The molecule has 0 spiro atoms. The molecule has 1 atom stereocenters. The van der Waals surface area contributed by atoms with Gasteiger partial charge in [-0.25, -0.2) is 8.42 Å². The van der Waals surface area contributed by atoms with Crippen molar-refractivity contribution in [1.82, 2.24) is 0 Å². The van der Waals surface area contributed by atoms with Crippen LogP contribution >= 0.6 is 0 Å². The number of anilines is 2. The van der Waals surface area contributed by atoms with Crippen LogP contribution in [0.1, 0.15) is 12.5 Å². The van der Waals surface area contributed by atoms with E-state index < -0.39 is 22.0 Å². The fourth-order valence-corrected chi connectivity index (χ4v) is 3.99. The second kappa shape index (κ2) is 9.47. The molecule has 7 nitrogen and oxygen atoms in total. The molecule has 0 unspecified atom stereocenters. The summed E-state index contributed by atoms with van der Waals surface area (Å²) in [5.74, 6) is 0.441. The first kappa shape index (κ1) is 22.3. The van der Waals surface area contributed by atoms with E-state index in [4.69, 9.17) is 9.47 Å². The number of hydrogen-bond donors (Lipinski definition) is 1. The lowest BCUT2D eigenvalue weighted by atomic mass is 10.2. The van der Waals surface area contributed by atoms with Crippen LogP contribution in [0.15, 0.2) is 55.1 Å². The van der Waals surface area contributed by atoms with E-state index in [1.54, 1.807) is 42.5 Å². The van der Waals surface area contributed by atoms with Crippen LogP contribution in [0.2, 0.25) is 0 Å². The highest BCUT2D eigenvalue weighted by atomic mass is 32.2. The number of carbonyl (C=O) groups is 1. The van der Waals surface area contributed by atoms with Crippen molar-refractivity contribution in [3.63, 3.8) is 0 Å². The van der Waals surface area contributed by atoms with Crippen LogP contribution in [0, 0.1) is 6.92 Å². The van der Waals surface area contributed by atoms with Gasteiger partial charge in [-0.15, -0.1) is 0 Å². The van der Waals surface area contributed by atoms with Gasteiger partial charge in [0.15, 0.2) is 0 Å². The van der Waals surface area contributed by atoms with Crippen molar-refractivity contribution in [2.45, 2.75) is 19.9 Å². The van der Waals surface area contributed by atoms with E-state index in [1.165, 1.54) is 14.0 Å². The van der Waals surface area contributed by atoms with Crippen LogP contribution < -0.4 is 19.1 Å². The Morgan fingerprint density at radius 3 is 2.62 bits per heavy atom. The van der Waals surface area contributed by atoms with Crippen molar-refractivity contribution >= 4 is 27.3 Å². The summed E-state index contributed by atoms with van der Waals surface area (Å²) in [6.07, 6.45) is 2.68. The van der Waals surface area contributed by atoms with Gasteiger partial charge < -0.3 is 14.8 Å². The predicted octanol–water partition coefficient (Wildman–Crippen LogP) is 3.36. The average Bonchev–Trinajstić information content (AvgIpc) is 2.66. The Bertz CT molecular complexity index is 988. The quantitative estimate of drug-likeness (QED) is 0.631. The van der Waals surface area contributed by atoms with Crippen LogP contribution in [-0.4, -0.2) is 40.3 Å². The third kappa shape index (κ3) is 5.74. The number of methoxy groups -OCH3 is 1. The molecule has 2 rings (SSSR count). The molecule has 0 aliphatic heterocycles. The van der Waals surface area contributed by atoms with E-state index in [1.807, 2.05) is 13.0 Å². The molecule has 2 aromatic carbocycles. The lowest BCUT2D eigenvalue weighted by Crippen LogP contribution is -2.45. The molecule has 0 saturated heterocycles. The zero-order valence-corrected chi connectivity index (χ0v) is 17.8. The van der Waals surface area contributed by atoms with Gasteiger partial charge in [-0.3, -0.25) is 9.10 Å². The molecule has 0 saturated carbocycles. The van der Waals surface area contributed by atoms with Crippen molar-refractivity contribution in [1.29, 1.82) is 0 Å². The second-order valence-electron chi connectivity index (χ2n) is 6.53. The fraction of sp³-hybridized carbons (Fsp3) is 0.286. The van der Waals surface area contributed by atoms with Gasteiger partial charge >= 0.3 is 0 Å². The molecule has 8 heteroatoms. The first-order valence-electron chi connectivity index (χ1n) is 8.96. The summed E-state index contributed by atoms with van der Waals surface area (Å²) in [5, 5.41) is 2.74.